The third kappa shape index (κ3) is 3.91. The summed E-state index contributed by atoms with van der Waals surface area (Å²) in [4.78, 5) is 4.65. The summed E-state index contributed by atoms with van der Waals surface area (Å²) in [5, 5.41) is 0. The molecule has 0 bridgehead atoms. The second-order valence-corrected chi connectivity index (χ2v) is 11.4. The van der Waals surface area contributed by atoms with E-state index in [1.165, 1.54) is 49.1 Å². The van der Waals surface area contributed by atoms with Crippen LogP contribution < -0.4 is 4.72 Å². The summed E-state index contributed by atoms with van der Waals surface area (Å²) in [5.74, 6) is 1.88. The minimum Gasteiger partial charge on any atom is -0.445 e. The Morgan fingerprint density at radius 2 is 1.83 bits per heavy atom. The van der Waals surface area contributed by atoms with Crippen molar-refractivity contribution in [3.05, 3.63) is 41.6 Å². The lowest BCUT2D eigenvalue weighted by atomic mass is 9.85. The molecular weight excluding hydrogens is 416 g/mol. The minimum atomic E-state index is -3.72. The molecule has 158 valence electrons. The second kappa shape index (κ2) is 7.38. The van der Waals surface area contributed by atoms with Crippen molar-refractivity contribution in [2.24, 2.45) is 0 Å². The number of rotatable bonds is 6. The van der Waals surface area contributed by atoms with Crippen molar-refractivity contribution in [3.63, 3.8) is 0 Å². The van der Waals surface area contributed by atoms with Gasteiger partial charge < -0.3 is 4.42 Å². The molecule has 0 radical (unpaired) electrons. The average Bonchev–Trinajstić information content (AvgIpc) is 3.02. The smallest absolute Gasteiger partial charge is 0.301 e. The van der Waals surface area contributed by atoms with Crippen LogP contribution in [0.2, 0.25) is 0 Å². The maximum Gasteiger partial charge on any atom is 0.301 e. The van der Waals surface area contributed by atoms with Crippen LogP contribution >= 0.6 is 0 Å². The first-order chi connectivity index (χ1) is 13.7. The predicted molar refractivity (Wildman–Crippen MR) is 107 cm³/mol. The molecule has 1 saturated carbocycles. The molecule has 1 aromatic carbocycles. The first kappa shape index (κ1) is 20.3. The Kier molecular flexibility index (Phi) is 5.18. The molecule has 1 aliphatic heterocycles. The maximum atomic E-state index is 13.0. The van der Waals surface area contributed by atoms with E-state index >= 15 is 0 Å². The number of hydrogen-bond donors (Lipinski definition) is 1. The zero-order valence-electron chi connectivity index (χ0n) is 16.3. The molecule has 9 nitrogen and oxygen atoms in total. The number of hydrogen-bond acceptors (Lipinski definition) is 6. The number of fused-ring (bicyclic) bond motifs is 1. The molecule has 29 heavy (non-hydrogen) atoms. The largest absolute Gasteiger partial charge is 0.445 e. The summed E-state index contributed by atoms with van der Waals surface area (Å²) in [7, 11) is -4.55. The Labute approximate surface area is 171 Å². The van der Waals surface area contributed by atoms with Crippen molar-refractivity contribution < 1.29 is 21.3 Å². The molecule has 2 aliphatic rings. The van der Waals surface area contributed by atoms with Crippen molar-refractivity contribution in [2.75, 3.05) is 25.4 Å². The summed E-state index contributed by atoms with van der Waals surface area (Å²) >= 11 is 0. The Hall–Kier alpha value is -1.95. The van der Waals surface area contributed by atoms with Gasteiger partial charge in [-0.3, -0.25) is 4.72 Å². The molecule has 11 heteroatoms. The summed E-state index contributed by atoms with van der Waals surface area (Å²) in [5.41, 5.74) is 0.984. The molecule has 1 aliphatic carbocycles. The fourth-order valence-corrected chi connectivity index (χ4v) is 5.33. The van der Waals surface area contributed by atoms with Crippen LogP contribution in [0.25, 0.3) is 0 Å². The van der Waals surface area contributed by atoms with Gasteiger partial charge in [0.2, 0.25) is 10.0 Å². The number of aromatic nitrogens is 1. The van der Waals surface area contributed by atoms with E-state index in [4.69, 9.17) is 4.42 Å². The van der Waals surface area contributed by atoms with Gasteiger partial charge in [0.25, 0.3) is 0 Å². The highest BCUT2D eigenvalue weighted by Gasteiger charge is 2.33. The van der Waals surface area contributed by atoms with Gasteiger partial charge in [0.05, 0.1) is 17.1 Å². The summed E-state index contributed by atoms with van der Waals surface area (Å²) in [6.45, 7) is 0.506. The van der Waals surface area contributed by atoms with E-state index in [0.717, 1.165) is 28.8 Å². The van der Waals surface area contributed by atoms with Gasteiger partial charge in [-0.05, 0) is 37.1 Å². The van der Waals surface area contributed by atoms with Crippen LogP contribution in [0, 0.1) is 0 Å². The Morgan fingerprint density at radius 1 is 1.14 bits per heavy atom. The lowest BCUT2D eigenvalue weighted by Crippen LogP contribution is -2.35. The summed E-state index contributed by atoms with van der Waals surface area (Å²) < 4.78 is 60.5. The van der Waals surface area contributed by atoms with Crippen LogP contribution in [0.15, 0.2) is 33.6 Å². The predicted octanol–water partition coefficient (Wildman–Crippen LogP) is 1.91. The third-order valence-electron chi connectivity index (χ3n) is 5.38. The van der Waals surface area contributed by atoms with E-state index in [2.05, 4.69) is 9.71 Å². The molecule has 2 aromatic rings. The molecule has 1 aromatic heterocycles. The third-order valence-corrected chi connectivity index (χ3v) is 8.70. The number of nitrogens with one attached hydrogen (secondary N) is 1. The van der Waals surface area contributed by atoms with E-state index in [1.54, 1.807) is 0 Å². The number of anilines is 1. The number of nitrogens with zero attached hydrogens (tertiary/aromatic N) is 3. The van der Waals surface area contributed by atoms with Crippen LogP contribution in [0.4, 0.5) is 5.69 Å². The van der Waals surface area contributed by atoms with Gasteiger partial charge in [-0.2, -0.15) is 17.0 Å². The fourth-order valence-electron chi connectivity index (χ4n) is 3.31. The molecule has 4 rings (SSSR count). The highest BCUT2D eigenvalue weighted by Crippen LogP contribution is 2.37. The van der Waals surface area contributed by atoms with Crippen molar-refractivity contribution in [2.45, 2.75) is 43.0 Å². The molecule has 1 N–H and O–H groups in total. The number of benzene rings is 1. The lowest BCUT2D eigenvalue weighted by Gasteiger charge is -2.24. The summed E-state index contributed by atoms with van der Waals surface area (Å²) in [6, 6.07) is 5.68. The molecule has 0 unspecified atom stereocenters. The number of sulfonamides is 1. The molecule has 0 spiro atoms. The van der Waals surface area contributed by atoms with Crippen LogP contribution in [0.3, 0.4) is 0 Å². The van der Waals surface area contributed by atoms with Gasteiger partial charge in [0.1, 0.15) is 5.76 Å². The highest BCUT2D eigenvalue weighted by molar-refractivity contribution is 7.90. The highest BCUT2D eigenvalue weighted by atomic mass is 32.2. The van der Waals surface area contributed by atoms with Gasteiger partial charge in [0, 0.05) is 38.7 Å². The van der Waals surface area contributed by atoms with Gasteiger partial charge in [0.15, 0.2) is 5.89 Å². The second-order valence-electron chi connectivity index (χ2n) is 7.55. The Morgan fingerprint density at radius 3 is 2.41 bits per heavy atom. The minimum absolute atomic E-state index is 0.108. The van der Waals surface area contributed by atoms with Gasteiger partial charge in [-0.25, -0.2) is 13.4 Å². The van der Waals surface area contributed by atoms with Gasteiger partial charge in [-0.1, -0.05) is 6.42 Å². The first-order valence-electron chi connectivity index (χ1n) is 9.46. The quantitative estimate of drug-likeness (QED) is 0.734. The van der Waals surface area contributed by atoms with E-state index in [0.29, 0.717) is 30.3 Å². The Bertz CT molecular complexity index is 1100. The van der Waals surface area contributed by atoms with E-state index in [1.807, 2.05) is 0 Å². The van der Waals surface area contributed by atoms with Crippen molar-refractivity contribution in [1.82, 2.24) is 13.6 Å². The topological polar surface area (TPSA) is 113 Å². The van der Waals surface area contributed by atoms with Crippen LogP contribution in [-0.2, 0) is 33.2 Å². The van der Waals surface area contributed by atoms with E-state index < -0.39 is 20.2 Å². The van der Waals surface area contributed by atoms with Crippen LogP contribution in [0.5, 0.6) is 0 Å². The molecule has 2 heterocycles. The molecule has 1 fully saturated rings. The molecule has 0 saturated heterocycles. The van der Waals surface area contributed by atoms with Crippen molar-refractivity contribution in [3.8, 4) is 0 Å². The van der Waals surface area contributed by atoms with Gasteiger partial charge >= 0.3 is 10.2 Å². The molecular formula is C18H24N4O5S2. The van der Waals surface area contributed by atoms with Gasteiger partial charge in [-0.15, -0.1) is 0 Å². The van der Waals surface area contributed by atoms with E-state index in [-0.39, 0.29) is 11.4 Å². The zero-order valence-corrected chi connectivity index (χ0v) is 18.0. The number of oxazole rings is 1. The monoisotopic (exact) mass is 440 g/mol. The first-order valence-corrected chi connectivity index (χ1v) is 12.3. The average molecular weight is 441 g/mol. The summed E-state index contributed by atoms with van der Waals surface area (Å²) in [6.07, 6.45) is 3.82. The SMILES string of the molecule is CN(C)S(=O)(=O)Nc1ccc(S(=O)(=O)N2CCc3oc(C4CCC4)nc3C2)cc1. The maximum absolute atomic E-state index is 13.0. The van der Waals surface area contributed by atoms with Crippen LogP contribution in [0.1, 0.15) is 42.5 Å². The zero-order chi connectivity index (χ0) is 20.8. The van der Waals surface area contributed by atoms with Crippen molar-refractivity contribution >= 4 is 25.9 Å². The lowest BCUT2D eigenvalue weighted by molar-refractivity contribution is 0.314. The fraction of sp³-hybridized carbons (Fsp3) is 0.500. The molecule has 0 amide bonds. The Balaban J connectivity index is 1.50. The normalized spacial score (nSPS) is 18.4. The van der Waals surface area contributed by atoms with Crippen LogP contribution in [-0.4, -0.2) is 51.1 Å². The van der Waals surface area contributed by atoms with E-state index in [9.17, 15) is 16.8 Å². The van der Waals surface area contributed by atoms with Crippen molar-refractivity contribution in [1.29, 1.82) is 0 Å². The standard InChI is InChI=1S/C18H24N4O5S2/c1-21(2)29(25,26)20-14-6-8-15(9-7-14)28(23,24)22-11-10-17-16(12-22)19-18(27-17)13-4-3-5-13/h6-9,13,20H,3-5,10-12H2,1-2H3. The molecule has 0 atom stereocenters.